The van der Waals surface area contributed by atoms with Crippen LogP contribution in [0, 0.1) is 0 Å². The fraction of sp³-hybridized carbons (Fsp3) is 0.500. The molecule has 0 saturated carbocycles. The highest BCUT2D eigenvalue weighted by atomic mass is 32.2. The topological polar surface area (TPSA) is 104 Å². The number of benzene rings is 1. The van der Waals surface area contributed by atoms with Gasteiger partial charge >= 0.3 is 5.97 Å². The number of hydrogen-bond acceptors (Lipinski definition) is 4. The summed E-state index contributed by atoms with van der Waals surface area (Å²) in [5, 5.41) is 12.0. The minimum absolute atomic E-state index is 0.0256. The quantitative estimate of drug-likeness (QED) is 0.836. The molecule has 130 valence electrons. The summed E-state index contributed by atoms with van der Waals surface area (Å²) >= 11 is 0. The van der Waals surface area contributed by atoms with Crippen molar-refractivity contribution in [1.29, 1.82) is 0 Å². The third-order valence-corrected chi connectivity index (χ3v) is 6.91. The molecule has 0 unspecified atom stereocenters. The van der Waals surface area contributed by atoms with Crippen LogP contribution >= 0.6 is 0 Å². The molecule has 7 nitrogen and oxygen atoms in total. The summed E-state index contributed by atoms with van der Waals surface area (Å²) < 4.78 is 27.7. The molecule has 2 aliphatic rings. The van der Waals surface area contributed by atoms with Crippen LogP contribution in [0.25, 0.3) is 0 Å². The average Bonchev–Trinajstić information content (AvgIpc) is 2.96. The Bertz CT molecular complexity index is 829. The molecule has 1 aromatic carbocycles. The zero-order valence-electron chi connectivity index (χ0n) is 13.6. The Labute approximate surface area is 140 Å². The second-order valence-corrected chi connectivity index (χ2v) is 8.49. The molecular weight excluding hydrogens is 332 g/mol. The number of carboxylic acid groups (broad SMARTS) is 1. The van der Waals surface area contributed by atoms with Crippen LogP contribution in [0.5, 0.6) is 0 Å². The number of piperazine rings is 1. The number of carbonyl (C=O) groups is 2. The minimum atomic E-state index is -3.97. The first kappa shape index (κ1) is 16.9. The van der Waals surface area contributed by atoms with Crippen molar-refractivity contribution in [1.82, 2.24) is 9.62 Å². The van der Waals surface area contributed by atoms with Gasteiger partial charge in [0.05, 0.1) is 10.5 Å². The van der Waals surface area contributed by atoms with Crippen LogP contribution in [-0.2, 0) is 27.7 Å². The van der Waals surface area contributed by atoms with Crippen molar-refractivity contribution >= 4 is 21.9 Å². The van der Waals surface area contributed by atoms with Crippen LogP contribution in [0.1, 0.15) is 41.8 Å². The molecule has 0 spiro atoms. The fourth-order valence-corrected chi connectivity index (χ4v) is 5.51. The van der Waals surface area contributed by atoms with Gasteiger partial charge in [0.2, 0.25) is 15.9 Å². The molecule has 1 aliphatic carbocycles. The number of nitrogens with zero attached hydrogens (tertiary/aromatic N) is 1. The van der Waals surface area contributed by atoms with Gasteiger partial charge in [0, 0.05) is 13.1 Å². The zero-order chi connectivity index (χ0) is 17.7. The van der Waals surface area contributed by atoms with Crippen LogP contribution < -0.4 is 5.32 Å². The predicted octanol–water partition coefficient (Wildman–Crippen LogP) is 0.773. The van der Waals surface area contributed by atoms with Gasteiger partial charge in [0.25, 0.3) is 0 Å². The van der Waals surface area contributed by atoms with E-state index in [1.54, 1.807) is 19.9 Å². The Hall–Kier alpha value is -1.93. The van der Waals surface area contributed by atoms with Crippen molar-refractivity contribution in [2.75, 3.05) is 13.1 Å². The highest BCUT2D eigenvalue weighted by molar-refractivity contribution is 7.89. The summed E-state index contributed by atoms with van der Waals surface area (Å²) in [4.78, 5) is 23.5. The van der Waals surface area contributed by atoms with Crippen LogP contribution in [0.3, 0.4) is 0 Å². The first-order valence-electron chi connectivity index (χ1n) is 7.86. The molecule has 0 radical (unpaired) electrons. The minimum Gasteiger partial charge on any atom is -0.478 e. The van der Waals surface area contributed by atoms with Crippen molar-refractivity contribution in [2.45, 2.75) is 43.5 Å². The lowest BCUT2D eigenvalue weighted by molar-refractivity contribution is -0.131. The standard InChI is InChI=1S/C16H20N2O5S/c1-16(2)15(21)17-6-7-18(16)24(22,23)13-9-11(14(19)20)8-10-4-3-5-12(10)13/h8-9H,3-7H2,1-2H3,(H,17,21)(H,19,20). The largest absolute Gasteiger partial charge is 0.478 e. The number of carbonyl (C=O) groups excluding carboxylic acids is 1. The van der Waals surface area contributed by atoms with E-state index in [0.29, 0.717) is 18.4 Å². The molecule has 0 atom stereocenters. The molecule has 1 aliphatic heterocycles. The second kappa shape index (κ2) is 5.56. The van der Waals surface area contributed by atoms with Gasteiger partial charge in [-0.2, -0.15) is 4.31 Å². The lowest BCUT2D eigenvalue weighted by atomic mass is 10.0. The van der Waals surface area contributed by atoms with Gasteiger partial charge < -0.3 is 10.4 Å². The Morgan fingerprint density at radius 1 is 1.29 bits per heavy atom. The summed E-state index contributed by atoms with van der Waals surface area (Å²) in [6, 6.07) is 2.78. The molecule has 1 fully saturated rings. The number of amides is 1. The van der Waals surface area contributed by atoms with Gasteiger partial charge in [-0.3, -0.25) is 4.79 Å². The molecule has 8 heteroatoms. The van der Waals surface area contributed by atoms with E-state index in [4.69, 9.17) is 0 Å². The van der Waals surface area contributed by atoms with E-state index in [1.165, 1.54) is 10.4 Å². The Morgan fingerprint density at radius 3 is 2.67 bits per heavy atom. The van der Waals surface area contributed by atoms with Crippen molar-refractivity contribution in [3.05, 3.63) is 28.8 Å². The lowest BCUT2D eigenvalue weighted by Gasteiger charge is -2.40. The smallest absolute Gasteiger partial charge is 0.335 e. The molecule has 1 heterocycles. The summed E-state index contributed by atoms with van der Waals surface area (Å²) in [6.45, 7) is 3.51. The van der Waals surface area contributed by atoms with Crippen molar-refractivity contribution < 1.29 is 23.1 Å². The monoisotopic (exact) mass is 352 g/mol. The first-order valence-corrected chi connectivity index (χ1v) is 9.30. The molecule has 1 aromatic rings. The van der Waals surface area contributed by atoms with E-state index >= 15 is 0 Å². The number of carboxylic acids is 1. The predicted molar refractivity (Wildman–Crippen MR) is 86.4 cm³/mol. The van der Waals surface area contributed by atoms with E-state index in [9.17, 15) is 23.1 Å². The molecule has 24 heavy (non-hydrogen) atoms. The van der Waals surface area contributed by atoms with Gasteiger partial charge in [-0.15, -0.1) is 0 Å². The third-order valence-electron chi connectivity index (χ3n) is 4.77. The van der Waals surface area contributed by atoms with Gasteiger partial charge in [-0.1, -0.05) is 0 Å². The van der Waals surface area contributed by atoms with Crippen molar-refractivity contribution in [3.8, 4) is 0 Å². The normalized spacial score (nSPS) is 20.5. The molecule has 1 amide bonds. The van der Waals surface area contributed by atoms with Gasteiger partial charge in [0.15, 0.2) is 0 Å². The van der Waals surface area contributed by atoms with Gasteiger partial charge in [-0.25, -0.2) is 13.2 Å². The summed E-state index contributed by atoms with van der Waals surface area (Å²) in [5.74, 6) is -1.51. The lowest BCUT2D eigenvalue weighted by Crippen LogP contribution is -2.63. The number of nitrogens with one attached hydrogen (secondary N) is 1. The Balaban J connectivity index is 2.17. The van der Waals surface area contributed by atoms with Crippen molar-refractivity contribution in [2.24, 2.45) is 0 Å². The number of aryl methyl sites for hydroxylation is 1. The average molecular weight is 352 g/mol. The highest BCUT2D eigenvalue weighted by Crippen LogP contribution is 2.34. The van der Waals surface area contributed by atoms with Crippen LogP contribution in [0.15, 0.2) is 17.0 Å². The molecular formula is C16H20N2O5S. The number of aromatic carboxylic acids is 1. The molecule has 0 aromatic heterocycles. The zero-order valence-corrected chi connectivity index (χ0v) is 14.4. The molecule has 0 bridgehead atoms. The van der Waals surface area contributed by atoms with Crippen LogP contribution in [0.2, 0.25) is 0 Å². The molecule has 1 saturated heterocycles. The number of sulfonamides is 1. The van der Waals surface area contributed by atoms with Gasteiger partial charge in [-0.05, 0) is 56.4 Å². The third kappa shape index (κ3) is 2.50. The Morgan fingerprint density at radius 2 is 2.00 bits per heavy atom. The van der Waals surface area contributed by atoms with E-state index in [-0.39, 0.29) is 29.5 Å². The maximum Gasteiger partial charge on any atom is 0.335 e. The molecule has 2 N–H and O–H groups in total. The summed E-state index contributed by atoms with van der Waals surface area (Å²) in [5.41, 5.74) is 0.199. The van der Waals surface area contributed by atoms with E-state index in [0.717, 1.165) is 12.0 Å². The van der Waals surface area contributed by atoms with E-state index < -0.39 is 21.5 Å². The number of fused-ring (bicyclic) bond motifs is 1. The maximum absolute atomic E-state index is 13.2. The fourth-order valence-electron chi connectivity index (χ4n) is 3.44. The van der Waals surface area contributed by atoms with Crippen LogP contribution in [0.4, 0.5) is 0 Å². The second-order valence-electron chi connectivity index (χ2n) is 6.66. The van der Waals surface area contributed by atoms with E-state index in [2.05, 4.69) is 5.32 Å². The highest BCUT2D eigenvalue weighted by Gasteiger charge is 2.46. The van der Waals surface area contributed by atoms with Crippen molar-refractivity contribution in [3.63, 3.8) is 0 Å². The molecule has 3 rings (SSSR count). The van der Waals surface area contributed by atoms with Gasteiger partial charge in [0.1, 0.15) is 5.54 Å². The van der Waals surface area contributed by atoms with Crippen LogP contribution in [-0.4, -0.2) is 48.3 Å². The summed E-state index contributed by atoms with van der Waals surface area (Å²) in [7, 11) is -3.97. The maximum atomic E-state index is 13.2. The number of rotatable bonds is 3. The van der Waals surface area contributed by atoms with E-state index in [1.807, 2.05) is 0 Å². The first-order chi connectivity index (χ1) is 11.2. The Kier molecular flexibility index (Phi) is 3.92. The number of hydrogen-bond donors (Lipinski definition) is 2. The summed E-state index contributed by atoms with van der Waals surface area (Å²) in [6.07, 6.45) is 2.07. The SMILES string of the molecule is CC1(C)C(=O)NCCN1S(=O)(=O)c1cc(C(=O)O)cc2c1CCC2.